The van der Waals surface area contributed by atoms with Crippen LogP contribution in [0.3, 0.4) is 0 Å². The Morgan fingerprint density at radius 3 is 1.39 bits per heavy atom. The maximum absolute atomic E-state index is 12.5. The SMILES string of the molecule is O=S(=O)(Cl)C1CC(C(F)(F)F)CC(C(F)(F)F)C1. The zero-order chi connectivity index (χ0) is 14.4. The van der Waals surface area contributed by atoms with E-state index in [1.807, 2.05) is 0 Å². The fourth-order valence-corrected chi connectivity index (χ4v) is 3.39. The summed E-state index contributed by atoms with van der Waals surface area (Å²) in [6.07, 6.45) is -12.7. The number of halogens is 7. The van der Waals surface area contributed by atoms with E-state index in [2.05, 4.69) is 0 Å². The summed E-state index contributed by atoms with van der Waals surface area (Å²) in [6, 6.07) is 0. The first-order valence-corrected chi connectivity index (χ1v) is 7.26. The predicted octanol–water partition coefficient (Wildman–Crippen LogP) is 3.46. The molecule has 0 spiro atoms. The summed E-state index contributed by atoms with van der Waals surface area (Å²) in [6.45, 7) is 0. The van der Waals surface area contributed by atoms with Gasteiger partial charge in [-0.25, -0.2) is 8.42 Å². The lowest BCUT2D eigenvalue weighted by molar-refractivity contribution is -0.221. The number of hydrogen-bond donors (Lipinski definition) is 0. The lowest BCUT2D eigenvalue weighted by Gasteiger charge is -2.35. The highest BCUT2D eigenvalue weighted by atomic mass is 35.7. The van der Waals surface area contributed by atoms with Crippen molar-refractivity contribution in [1.29, 1.82) is 0 Å². The maximum atomic E-state index is 12.5. The van der Waals surface area contributed by atoms with Crippen molar-refractivity contribution in [3.8, 4) is 0 Å². The van der Waals surface area contributed by atoms with Gasteiger partial charge in [-0.2, -0.15) is 26.3 Å². The van der Waals surface area contributed by atoms with Crippen LogP contribution >= 0.6 is 10.7 Å². The topological polar surface area (TPSA) is 34.1 Å². The van der Waals surface area contributed by atoms with Crippen LogP contribution in [0.15, 0.2) is 0 Å². The Morgan fingerprint density at radius 2 is 1.17 bits per heavy atom. The second-order valence-electron chi connectivity index (χ2n) is 4.28. The molecule has 18 heavy (non-hydrogen) atoms. The van der Waals surface area contributed by atoms with Crippen LogP contribution in [-0.2, 0) is 9.05 Å². The summed E-state index contributed by atoms with van der Waals surface area (Å²) in [5, 5.41) is -1.81. The largest absolute Gasteiger partial charge is 0.391 e. The zero-order valence-corrected chi connectivity index (χ0v) is 10.3. The lowest BCUT2D eigenvalue weighted by Crippen LogP contribution is -2.41. The van der Waals surface area contributed by atoms with Gasteiger partial charge in [0.25, 0.3) is 0 Å². The predicted molar refractivity (Wildman–Crippen MR) is 51.5 cm³/mol. The highest BCUT2D eigenvalue weighted by Crippen LogP contribution is 2.47. The summed E-state index contributed by atoms with van der Waals surface area (Å²) in [5.41, 5.74) is 0. The van der Waals surface area contributed by atoms with E-state index in [0.29, 0.717) is 0 Å². The number of rotatable bonds is 1. The molecule has 0 aromatic rings. The minimum absolute atomic E-state index is 0.915. The molecular formula is C8H9ClF6O2S. The minimum Gasteiger partial charge on any atom is -0.212 e. The van der Waals surface area contributed by atoms with Gasteiger partial charge in [-0.3, -0.25) is 0 Å². The molecule has 2 unspecified atom stereocenters. The molecule has 0 heterocycles. The average Bonchev–Trinajstić information content (AvgIpc) is 2.13. The van der Waals surface area contributed by atoms with Crippen molar-refractivity contribution in [2.45, 2.75) is 36.9 Å². The molecule has 0 bridgehead atoms. The van der Waals surface area contributed by atoms with E-state index in [9.17, 15) is 34.8 Å². The summed E-state index contributed by atoms with van der Waals surface area (Å²) in [4.78, 5) is 0. The normalized spacial score (nSPS) is 31.4. The van der Waals surface area contributed by atoms with Crippen molar-refractivity contribution in [2.75, 3.05) is 0 Å². The Hall–Kier alpha value is -0.180. The maximum Gasteiger partial charge on any atom is 0.391 e. The molecule has 2 atom stereocenters. The van der Waals surface area contributed by atoms with Gasteiger partial charge < -0.3 is 0 Å². The monoisotopic (exact) mass is 318 g/mol. The molecule has 0 radical (unpaired) electrons. The van der Waals surface area contributed by atoms with Gasteiger partial charge in [0.05, 0.1) is 17.1 Å². The molecule has 0 saturated heterocycles. The van der Waals surface area contributed by atoms with E-state index in [1.165, 1.54) is 0 Å². The summed E-state index contributed by atoms with van der Waals surface area (Å²) < 4.78 is 96.7. The van der Waals surface area contributed by atoms with E-state index in [4.69, 9.17) is 10.7 Å². The van der Waals surface area contributed by atoms with Gasteiger partial charge in [0.15, 0.2) is 0 Å². The highest BCUT2D eigenvalue weighted by molar-refractivity contribution is 8.14. The van der Waals surface area contributed by atoms with Crippen LogP contribution in [0.4, 0.5) is 26.3 Å². The molecule has 1 saturated carbocycles. The fraction of sp³-hybridized carbons (Fsp3) is 1.00. The van der Waals surface area contributed by atoms with Crippen molar-refractivity contribution in [2.24, 2.45) is 11.8 Å². The Bertz CT molecular complexity index is 379. The van der Waals surface area contributed by atoms with Crippen LogP contribution < -0.4 is 0 Å². The smallest absolute Gasteiger partial charge is 0.212 e. The Labute approximate surface area is 104 Å². The van der Waals surface area contributed by atoms with Crippen molar-refractivity contribution in [1.82, 2.24) is 0 Å². The standard InChI is InChI=1S/C8H9ClF6O2S/c9-18(16,17)6-2-4(7(10,11)12)1-5(3-6)8(13,14)15/h4-6H,1-3H2. The van der Waals surface area contributed by atoms with Crippen LogP contribution in [-0.4, -0.2) is 26.0 Å². The molecule has 1 aliphatic carbocycles. The van der Waals surface area contributed by atoms with E-state index < -0.39 is 57.8 Å². The summed E-state index contributed by atoms with van der Waals surface area (Å²) in [5.74, 6) is -4.59. The van der Waals surface area contributed by atoms with Gasteiger partial charge in [0.1, 0.15) is 0 Å². The second-order valence-corrected chi connectivity index (χ2v) is 7.19. The first-order valence-electron chi connectivity index (χ1n) is 4.88. The van der Waals surface area contributed by atoms with Crippen molar-refractivity contribution in [3.63, 3.8) is 0 Å². The Kier molecular flexibility index (Phi) is 4.18. The molecule has 0 amide bonds. The second kappa shape index (κ2) is 4.73. The molecule has 10 heteroatoms. The van der Waals surface area contributed by atoms with Gasteiger partial charge in [0, 0.05) is 10.7 Å². The van der Waals surface area contributed by atoms with Crippen molar-refractivity contribution < 1.29 is 34.8 Å². The molecular weight excluding hydrogens is 310 g/mol. The van der Waals surface area contributed by atoms with Gasteiger partial charge in [-0.1, -0.05) is 0 Å². The molecule has 2 nitrogen and oxygen atoms in total. The van der Waals surface area contributed by atoms with Gasteiger partial charge >= 0.3 is 12.4 Å². The van der Waals surface area contributed by atoms with Crippen LogP contribution in [0.2, 0.25) is 0 Å². The Balaban J connectivity index is 3.01. The van der Waals surface area contributed by atoms with Crippen LogP contribution in [0.5, 0.6) is 0 Å². The average molecular weight is 319 g/mol. The lowest BCUT2D eigenvalue weighted by atomic mass is 9.80. The molecule has 0 aromatic heterocycles. The van der Waals surface area contributed by atoms with Gasteiger partial charge in [0.2, 0.25) is 9.05 Å². The van der Waals surface area contributed by atoms with Crippen molar-refractivity contribution >= 4 is 19.7 Å². The molecule has 108 valence electrons. The third kappa shape index (κ3) is 3.91. The van der Waals surface area contributed by atoms with E-state index in [-0.39, 0.29) is 0 Å². The van der Waals surface area contributed by atoms with Crippen LogP contribution in [0.25, 0.3) is 0 Å². The zero-order valence-electron chi connectivity index (χ0n) is 8.72. The third-order valence-electron chi connectivity index (χ3n) is 2.99. The van der Waals surface area contributed by atoms with Crippen LogP contribution in [0.1, 0.15) is 19.3 Å². The molecule has 1 rings (SSSR count). The molecule has 1 fully saturated rings. The van der Waals surface area contributed by atoms with Gasteiger partial charge in [-0.15, -0.1) is 0 Å². The number of hydrogen-bond acceptors (Lipinski definition) is 2. The van der Waals surface area contributed by atoms with E-state index in [0.717, 1.165) is 0 Å². The first kappa shape index (κ1) is 15.9. The van der Waals surface area contributed by atoms with E-state index >= 15 is 0 Å². The summed E-state index contributed by atoms with van der Waals surface area (Å²) in [7, 11) is 0.440. The van der Waals surface area contributed by atoms with E-state index in [1.54, 1.807) is 0 Å². The highest BCUT2D eigenvalue weighted by Gasteiger charge is 2.53. The molecule has 0 aliphatic heterocycles. The fourth-order valence-electron chi connectivity index (χ4n) is 2.03. The molecule has 1 aliphatic rings. The quantitative estimate of drug-likeness (QED) is 0.548. The Morgan fingerprint density at radius 1 is 0.833 bits per heavy atom. The molecule has 0 N–H and O–H groups in total. The van der Waals surface area contributed by atoms with Crippen molar-refractivity contribution in [3.05, 3.63) is 0 Å². The summed E-state index contributed by atoms with van der Waals surface area (Å²) >= 11 is 0. The molecule has 0 aromatic carbocycles. The van der Waals surface area contributed by atoms with Gasteiger partial charge in [-0.05, 0) is 19.3 Å². The third-order valence-corrected chi connectivity index (χ3v) is 4.92. The van der Waals surface area contributed by atoms with Crippen LogP contribution in [0, 0.1) is 11.8 Å². The number of alkyl halides is 6. The first-order chi connectivity index (χ1) is 7.82. The minimum atomic E-state index is -4.86.